The Morgan fingerprint density at radius 3 is 1.83 bits per heavy atom. The van der Waals surface area contributed by atoms with E-state index in [9.17, 15) is 4.79 Å². The zero-order chi connectivity index (χ0) is 20.9. The van der Waals surface area contributed by atoms with E-state index >= 15 is 0 Å². The van der Waals surface area contributed by atoms with Gasteiger partial charge in [0.1, 0.15) is 0 Å². The van der Waals surface area contributed by atoms with Crippen LogP contribution in [0, 0.1) is 6.92 Å². The zero-order valence-electron chi connectivity index (χ0n) is 17.1. The van der Waals surface area contributed by atoms with E-state index in [1.807, 2.05) is 12.1 Å². The van der Waals surface area contributed by atoms with E-state index in [0.29, 0.717) is 23.3 Å². The second-order valence-electron chi connectivity index (χ2n) is 7.62. The van der Waals surface area contributed by atoms with Gasteiger partial charge in [0.05, 0.1) is 0 Å². The van der Waals surface area contributed by atoms with E-state index in [1.54, 1.807) is 13.0 Å². The Balaban J connectivity index is 1.89. The van der Waals surface area contributed by atoms with E-state index in [0.717, 1.165) is 12.3 Å². The maximum absolute atomic E-state index is 11.8. The summed E-state index contributed by atoms with van der Waals surface area (Å²) >= 11 is 3.44. The van der Waals surface area contributed by atoms with Crippen molar-refractivity contribution in [2.24, 2.45) is 0 Å². The number of rotatable bonds is 8. The third-order valence-corrected chi connectivity index (χ3v) is 10.1. The Labute approximate surface area is 180 Å². The standard InChI is InChI=1S/C24H27O3PSe/c1-18(21-10-6-4-7-11-21)16-28(29,17-19(2)22-12-8-5-9-13-22)27-23-14-20(3)26-24(25)15-23/h4-15,18-19H,16-17H2,1-3H3. The molecule has 1 aromatic heterocycles. The van der Waals surface area contributed by atoms with Crippen molar-refractivity contribution in [1.82, 2.24) is 0 Å². The molecule has 152 valence electrons. The van der Waals surface area contributed by atoms with E-state index in [-0.39, 0.29) is 5.63 Å². The first kappa shape index (κ1) is 21.8. The monoisotopic (exact) mass is 474 g/mol. The van der Waals surface area contributed by atoms with Crippen molar-refractivity contribution < 1.29 is 8.94 Å². The van der Waals surface area contributed by atoms with Gasteiger partial charge in [0.2, 0.25) is 0 Å². The molecule has 3 rings (SSSR count). The van der Waals surface area contributed by atoms with Crippen molar-refractivity contribution in [1.29, 1.82) is 0 Å². The van der Waals surface area contributed by atoms with Gasteiger partial charge in [-0.3, -0.25) is 0 Å². The van der Waals surface area contributed by atoms with Gasteiger partial charge >= 0.3 is 181 Å². The van der Waals surface area contributed by atoms with E-state index in [1.165, 1.54) is 17.2 Å². The predicted molar refractivity (Wildman–Crippen MR) is 122 cm³/mol. The average Bonchev–Trinajstić information content (AvgIpc) is 2.68. The summed E-state index contributed by atoms with van der Waals surface area (Å²) in [6.07, 6.45) is 1.79. The fourth-order valence-electron chi connectivity index (χ4n) is 3.58. The van der Waals surface area contributed by atoms with Crippen LogP contribution in [0.15, 0.2) is 82.0 Å². The van der Waals surface area contributed by atoms with Crippen LogP contribution in [0.1, 0.15) is 42.6 Å². The number of aryl methyl sites for hydroxylation is 1. The molecular formula is C24H27O3PSe. The summed E-state index contributed by atoms with van der Waals surface area (Å²) in [5, 5.41) is 0. The van der Waals surface area contributed by atoms with Gasteiger partial charge in [-0.1, -0.05) is 0 Å². The molecule has 0 bridgehead atoms. The van der Waals surface area contributed by atoms with Crippen LogP contribution in [0.4, 0.5) is 0 Å². The molecule has 0 fully saturated rings. The van der Waals surface area contributed by atoms with Crippen LogP contribution in [0.2, 0.25) is 0 Å². The summed E-state index contributed by atoms with van der Waals surface area (Å²) in [7, 11) is 0. The molecule has 3 aromatic rings. The Morgan fingerprint density at radius 2 is 1.38 bits per heavy atom. The van der Waals surface area contributed by atoms with E-state index in [4.69, 9.17) is 8.94 Å². The molecule has 1 heterocycles. The quantitative estimate of drug-likeness (QED) is 0.300. The Morgan fingerprint density at radius 1 is 0.897 bits per heavy atom. The molecule has 0 saturated heterocycles. The van der Waals surface area contributed by atoms with Gasteiger partial charge in [-0.05, 0) is 0 Å². The van der Waals surface area contributed by atoms with Gasteiger partial charge < -0.3 is 0 Å². The Bertz CT molecular complexity index is 979. The molecule has 0 saturated carbocycles. The molecule has 0 aliphatic carbocycles. The molecule has 0 radical (unpaired) electrons. The summed E-state index contributed by atoms with van der Waals surface area (Å²) in [6, 6.07) is 24.3. The minimum atomic E-state index is -1.98. The van der Waals surface area contributed by atoms with Crippen LogP contribution in [0.25, 0.3) is 0 Å². The molecule has 0 aliphatic rings. The third kappa shape index (κ3) is 6.31. The molecule has 2 atom stereocenters. The van der Waals surface area contributed by atoms with Gasteiger partial charge in [-0.2, -0.15) is 0 Å². The van der Waals surface area contributed by atoms with E-state index < -0.39 is 5.74 Å². The zero-order valence-corrected chi connectivity index (χ0v) is 19.7. The Kier molecular flexibility index (Phi) is 7.35. The molecule has 0 spiro atoms. The third-order valence-electron chi connectivity index (χ3n) is 4.98. The first-order valence-corrected chi connectivity index (χ1v) is 14.1. The van der Waals surface area contributed by atoms with Gasteiger partial charge in [0.15, 0.2) is 0 Å². The number of benzene rings is 2. The van der Waals surface area contributed by atoms with Crippen molar-refractivity contribution >= 4 is 20.8 Å². The second-order valence-corrected chi connectivity index (χ2v) is 14.3. The fourth-order valence-corrected chi connectivity index (χ4v) is 9.81. The second kappa shape index (κ2) is 9.76. The van der Waals surface area contributed by atoms with Crippen LogP contribution in [0.3, 0.4) is 0 Å². The molecule has 2 unspecified atom stereocenters. The molecule has 5 heteroatoms. The molecule has 0 N–H and O–H groups in total. The fraction of sp³-hybridized carbons (Fsp3) is 0.292. The summed E-state index contributed by atoms with van der Waals surface area (Å²) in [4.78, 5) is 11.8. The van der Waals surface area contributed by atoms with E-state index in [2.05, 4.69) is 77.5 Å². The minimum absolute atomic E-state index is 0.343. The topological polar surface area (TPSA) is 39.4 Å². The molecule has 29 heavy (non-hydrogen) atoms. The first-order chi connectivity index (χ1) is 13.8. The molecular weight excluding hydrogens is 446 g/mol. The summed E-state index contributed by atoms with van der Waals surface area (Å²) in [5.41, 5.74) is 0.240. The molecule has 2 aromatic carbocycles. The van der Waals surface area contributed by atoms with Gasteiger partial charge in [-0.15, -0.1) is 0 Å². The molecule has 3 nitrogen and oxygen atoms in total. The van der Waals surface area contributed by atoms with Crippen LogP contribution in [-0.2, 0) is 0 Å². The van der Waals surface area contributed by atoms with Gasteiger partial charge in [-0.25, -0.2) is 0 Å². The van der Waals surface area contributed by atoms with Crippen molar-refractivity contribution in [3.63, 3.8) is 0 Å². The van der Waals surface area contributed by atoms with Gasteiger partial charge in [0.25, 0.3) is 0 Å². The van der Waals surface area contributed by atoms with Crippen LogP contribution in [-0.4, -0.2) is 27.4 Å². The summed E-state index contributed by atoms with van der Waals surface area (Å²) in [6.45, 7) is 6.25. The first-order valence-electron chi connectivity index (χ1n) is 9.84. The van der Waals surface area contributed by atoms with Crippen LogP contribution < -0.4 is 10.1 Å². The maximum atomic E-state index is 11.8. The normalized spacial score (nSPS) is 15.3. The van der Waals surface area contributed by atoms with Crippen LogP contribution in [0.5, 0.6) is 5.75 Å². The summed E-state index contributed by atoms with van der Waals surface area (Å²) < 4.78 is 11.6. The molecule has 0 aliphatic heterocycles. The Hall–Kier alpha value is -1.86. The van der Waals surface area contributed by atoms with Crippen molar-refractivity contribution in [2.75, 3.05) is 12.3 Å². The molecule has 0 amide bonds. The number of hydrogen-bond donors (Lipinski definition) is 0. The number of hydrogen-bond acceptors (Lipinski definition) is 3. The van der Waals surface area contributed by atoms with Crippen LogP contribution >= 0.6 is 5.74 Å². The van der Waals surface area contributed by atoms with Crippen molar-refractivity contribution in [3.8, 4) is 5.75 Å². The van der Waals surface area contributed by atoms with Crippen molar-refractivity contribution in [3.05, 3.63) is 100 Å². The summed E-state index contributed by atoms with van der Waals surface area (Å²) in [5.74, 6) is 1.84. The SMILES string of the molecule is Cc1cc(OP(=[Se])(CC(C)c2ccccc2)CC(C)c2ccccc2)cc(=O)o1. The predicted octanol–water partition coefficient (Wildman–Crippen LogP) is 5.95. The van der Waals surface area contributed by atoms with Gasteiger partial charge in [0, 0.05) is 0 Å². The average molecular weight is 473 g/mol. The van der Waals surface area contributed by atoms with Crippen molar-refractivity contribution in [2.45, 2.75) is 32.6 Å².